The van der Waals surface area contributed by atoms with E-state index in [9.17, 15) is 0 Å². The van der Waals surface area contributed by atoms with Crippen LogP contribution in [0, 0.1) is 0 Å². The SMILES string of the molecule is [B]C1CCCCCC2C1OC(=S)N2C(C)C. The van der Waals surface area contributed by atoms with Gasteiger partial charge >= 0.3 is 0 Å². The van der Waals surface area contributed by atoms with Crippen molar-refractivity contribution in [1.29, 1.82) is 0 Å². The van der Waals surface area contributed by atoms with E-state index in [1.807, 2.05) is 0 Å². The molecule has 1 saturated heterocycles. The Bertz CT molecular complexity index is 272. The number of hydrogen-bond acceptors (Lipinski definition) is 2. The fourth-order valence-corrected chi connectivity index (χ4v) is 3.35. The van der Waals surface area contributed by atoms with E-state index >= 15 is 0 Å². The van der Waals surface area contributed by atoms with Crippen molar-refractivity contribution in [3.63, 3.8) is 0 Å². The van der Waals surface area contributed by atoms with Gasteiger partial charge in [0.15, 0.2) is 0 Å². The van der Waals surface area contributed by atoms with Crippen LogP contribution in [-0.4, -0.2) is 36.1 Å². The molecule has 1 aliphatic heterocycles. The van der Waals surface area contributed by atoms with Crippen LogP contribution in [0.25, 0.3) is 0 Å². The van der Waals surface area contributed by atoms with Crippen molar-refractivity contribution in [2.75, 3.05) is 0 Å². The molecule has 0 bridgehead atoms. The molecule has 1 saturated carbocycles. The highest BCUT2D eigenvalue weighted by Gasteiger charge is 2.42. The van der Waals surface area contributed by atoms with E-state index in [1.165, 1.54) is 19.3 Å². The fraction of sp³-hybridized carbons (Fsp3) is 0.917. The summed E-state index contributed by atoms with van der Waals surface area (Å²) in [7, 11) is 6.20. The zero-order valence-corrected chi connectivity index (χ0v) is 11.0. The van der Waals surface area contributed by atoms with E-state index in [1.54, 1.807) is 0 Å². The molecule has 3 atom stereocenters. The summed E-state index contributed by atoms with van der Waals surface area (Å²) in [5, 5.41) is 0.655. The Morgan fingerprint density at radius 2 is 2.00 bits per heavy atom. The second-order valence-corrected chi connectivity index (χ2v) is 5.57. The molecule has 3 unspecified atom stereocenters. The molecule has 2 nitrogen and oxygen atoms in total. The second-order valence-electron chi connectivity index (χ2n) is 5.22. The van der Waals surface area contributed by atoms with Gasteiger partial charge in [0, 0.05) is 6.04 Å². The van der Waals surface area contributed by atoms with Gasteiger partial charge in [-0.15, -0.1) is 0 Å². The summed E-state index contributed by atoms with van der Waals surface area (Å²) in [6, 6.07) is 0.817. The van der Waals surface area contributed by atoms with Gasteiger partial charge in [-0.1, -0.05) is 25.7 Å². The molecule has 2 fully saturated rings. The molecule has 1 heterocycles. The van der Waals surface area contributed by atoms with Crippen molar-refractivity contribution >= 4 is 25.2 Å². The van der Waals surface area contributed by atoms with Crippen LogP contribution in [-0.2, 0) is 4.74 Å². The summed E-state index contributed by atoms with van der Waals surface area (Å²) < 4.78 is 5.82. The maximum atomic E-state index is 6.20. The van der Waals surface area contributed by atoms with Gasteiger partial charge in [-0.2, -0.15) is 0 Å². The van der Waals surface area contributed by atoms with Gasteiger partial charge in [0.25, 0.3) is 5.17 Å². The van der Waals surface area contributed by atoms with E-state index in [0.717, 1.165) is 12.8 Å². The molecule has 0 N–H and O–H groups in total. The monoisotopic (exact) mass is 237 g/mol. The first-order valence-electron chi connectivity index (χ1n) is 6.36. The summed E-state index contributed by atoms with van der Waals surface area (Å²) in [6.07, 6.45) is 6.13. The third kappa shape index (κ3) is 2.22. The Labute approximate surface area is 105 Å². The van der Waals surface area contributed by atoms with E-state index < -0.39 is 0 Å². The third-order valence-electron chi connectivity index (χ3n) is 3.70. The Balaban J connectivity index is 2.16. The number of ether oxygens (including phenoxy) is 1. The minimum absolute atomic E-state index is 0.121. The summed E-state index contributed by atoms with van der Waals surface area (Å²) >= 11 is 5.32. The molecule has 0 aromatic rings. The zero-order valence-electron chi connectivity index (χ0n) is 10.2. The third-order valence-corrected chi connectivity index (χ3v) is 4.01. The Morgan fingerprint density at radius 1 is 1.31 bits per heavy atom. The molecule has 0 amide bonds. The fourth-order valence-electron chi connectivity index (χ4n) is 2.89. The lowest BCUT2D eigenvalue weighted by Gasteiger charge is -2.32. The first-order valence-corrected chi connectivity index (χ1v) is 6.76. The summed E-state index contributed by atoms with van der Waals surface area (Å²) in [4.78, 5) is 2.24. The van der Waals surface area contributed by atoms with Crippen LogP contribution in [0.4, 0.5) is 0 Å². The molecule has 0 aromatic heterocycles. The van der Waals surface area contributed by atoms with Crippen molar-refractivity contribution in [3.8, 4) is 0 Å². The average Bonchev–Trinajstić information content (AvgIpc) is 2.52. The molecule has 0 aromatic carbocycles. The molecule has 0 spiro atoms. The first kappa shape index (κ1) is 12.2. The van der Waals surface area contributed by atoms with Crippen LogP contribution in [0.5, 0.6) is 0 Å². The minimum atomic E-state index is 0.121. The Kier molecular flexibility index (Phi) is 3.78. The van der Waals surface area contributed by atoms with E-state index in [4.69, 9.17) is 24.8 Å². The van der Waals surface area contributed by atoms with Crippen molar-refractivity contribution in [2.24, 2.45) is 0 Å². The lowest BCUT2D eigenvalue weighted by molar-refractivity contribution is 0.152. The molecule has 2 radical (unpaired) electrons. The van der Waals surface area contributed by atoms with Crippen LogP contribution >= 0.6 is 12.2 Å². The highest BCUT2D eigenvalue weighted by Crippen LogP contribution is 2.36. The van der Waals surface area contributed by atoms with Gasteiger partial charge in [-0.25, -0.2) is 0 Å². The van der Waals surface area contributed by atoms with Gasteiger partial charge in [-0.3, -0.25) is 0 Å². The van der Waals surface area contributed by atoms with Crippen molar-refractivity contribution in [1.82, 2.24) is 4.90 Å². The number of rotatable bonds is 1. The van der Waals surface area contributed by atoms with Crippen LogP contribution in [0.2, 0.25) is 5.82 Å². The number of thiocarbonyl (C=S) groups is 1. The number of fused-ring (bicyclic) bond motifs is 1. The first-order chi connectivity index (χ1) is 7.61. The quantitative estimate of drug-likeness (QED) is 0.514. The molecule has 2 rings (SSSR count). The van der Waals surface area contributed by atoms with Crippen molar-refractivity contribution in [2.45, 2.75) is 70.0 Å². The van der Waals surface area contributed by atoms with E-state index in [0.29, 0.717) is 17.3 Å². The van der Waals surface area contributed by atoms with Gasteiger partial charge in [0.2, 0.25) is 0 Å². The van der Waals surface area contributed by atoms with Crippen molar-refractivity contribution < 1.29 is 4.74 Å². The highest BCUT2D eigenvalue weighted by molar-refractivity contribution is 7.80. The van der Waals surface area contributed by atoms with Gasteiger partial charge in [0.05, 0.1) is 13.9 Å². The Hall–Kier alpha value is -0.245. The van der Waals surface area contributed by atoms with E-state index in [-0.39, 0.29) is 11.9 Å². The second kappa shape index (κ2) is 4.95. The van der Waals surface area contributed by atoms with Gasteiger partial charge in [-0.05, 0) is 38.3 Å². The van der Waals surface area contributed by atoms with Crippen LogP contribution in [0.15, 0.2) is 0 Å². The molecular formula is C12H20BNOS. The normalized spacial score (nSPS) is 35.6. The topological polar surface area (TPSA) is 12.5 Å². The van der Waals surface area contributed by atoms with Gasteiger partial charge in [0.1, 0.15) is 6.10 Å². The summed E-state index contributed by atoms with van der Waals surface area (Å²) in [6.45, 7) is 4.34. The maximum absolute atomic E-state index is 6.20. The Morgan fingerprint density at radius 3 is 2.69 bits per heavy atom. The standard InChI is InChI=1S/C12H20BNOS/c1-8(2)14-10-7-5-3-4-6-9(13)11(10)15-12(14)16/h8-11H,3-7H2,1-2H3. The molecule has 1 aliphatic carbocycles. The predicted octanol–water partition coefficient (Wildman–Crippen LogP) is 2.67. The zero-order chi connectivity index (χ0) is 11.7. The predicted molar refractivity (Wildman–Crippen MR) is 70.8 cm³/mol. The molecule has 4 heteroatoms. The average molecular weight is 237 g/mol. The summed E-state index contributed by atoms with van der Waals surface area (Å²) in [5.74, 6) is 0.145. The van der Waals surface area contributed by atoms with Crippen molar-refractivity contribution in [3.05, 3.63) is 0 Å². The number of nitrogens with zero attached hydrogens (tertiary/aromatic N) is 1. The van der Waals surface area contributed by atoms with E-state index in [2.05, 4.69) is 18.7 Å². The van der Waals surface area contributed by atoms with Crippen LogP contribution < -0.4 is 0 Å². The lowest BCUT2D eigenvalue weighted by Crippen LogP contribution is -2.42. The highest BCUT2D eigenvalue weighted by atomic mass is 32.1. The molecule has 2 aliphatic rings. The lowest BCUT2D eigenvalue weighted by atomic mass is 9.73. The summed E-state index contributed by atoms with van der Waals surface area (Å²) in [5.41, 5.74) is 0. The molecular weight excluding hydrogens is 217 g/mol. The molecule has 88 valence electrons. The van der Waals surface area contributed by atoms with Crippen LogP contribution in [0.3, 0.4) is 0 Å². The maximum Gasteiger partial charge on any atom is 0.260 e. The largest absolute Gasteiger partial charge is 0.466 e. The van der Waals surface area contributed by atoms with Gasteiger partial charge < -0.3 is 9.64 Å². The minimum Gasteiger partial charge on any atom is -0.466 e. The van der Waals surface area contributed by atoms with Crippen LogP contribution in [0.1, 0.15) is 46.0 Å². The molecule has 16 heavy (non-hydrogen) atoms. The number of hydrogen-bond donors (Lipinski definition) is 0. The smallest absolute Gasteiger partial charge is 0.260 e.